The number of benzene rings is 1. The van der Waals surface area contributed by atoms with E-state index in [1.165, 1.54) is 18.2 Å². The lowest BCUT2D eigenvalue weighted by Crippen LogP contribution is -2.03. The minimum Gasteiger partial charge on any atom is -0.462 e. The molecule has 1 aromatic carbocycles. The quantitative estimate of drug-likeness (QED) is 0.711. The Morgan fingerprint density at radius 3 is 3.13 bits per heavy atom. The number of carbonyl (C=O) groups is 1. The van der Waals surface area contributed by atoms with Crippen molar-refractivity contribution in [3.8, 4) is 0 Å². The van der Waals surface area contributed by atoms with Crippen LogP contribution in [-0.2, 0) is 4.74 Å². The van der Waals surface area contributed by atoms with E-state index in [1.54, 1.807) is 6.92 Å². The summed E-state index contributed by atoms with van der Waals surface area (Å²) < 4.78 is 22.0. The van der Waals surface area contributed by atoms with Gasteiger partial charge in [-0.3, -0.25) is 0 Å². The number of esters is 1. The average Bonchev–Trinajstić information content (AvgIpc) is 2.57. The van der Waals surface area contributed by atoms with Gasteiger partial charge < -0.3 is 9.15 Å². The van der Waals surface area contributed by atoms with Gasteiger partial charge in [0.2, 0.25) is 0 Å². The van der Waals surface area contributed by atoms with Crippen molar-refractivity contribution in [3.05, 3.63) is 29.9 Å². The van der Waals surface area contributed by atoms with Gasteiger partial charge in [0.1, 0.15) is 5.52 Å². The first-order valence-corrected chi connectivity index (χ1v) is 4.44. The number of ether oxygens (including phenoxy) is 1. The van der Waals surface area contributed by atoms with Gasteiger partial charge in [-0.2, -0.15) is 4.98 Å². The predicted octanol–water partition coefficient (Wildman–Crippen LogP) is 2.14. The van der Waals surface area contributed by atoms with E-state index in [-0.39, 0.29) is 5.58 Å². The number of rotatable bonds is 2. The van der Waals surface area contributed by atoms with Gasteiger partial charge in [0.15, 0.2) is 5.58 Å². The van der Waals surface area contributed by atoms with Crippen molar-refractivity contribution in [2.24, 2.45) is 0 Å². The fraction of sp³-hybridized carbons (Fsp3) is 0.200. The van der Waals surface area contributed by atoms with Crippen molar-refractivity contribution in [1.29, 1.82) is 0 Å². The molecule has 78 valence electrons. The van der Waals surface area contributed by atoms with Crippen molar-refractivity contribution in [1.82, 2.24) is 4.98 Å². The summed E-state index contributed by atoms with van der Waals surface area (Å²) in [6, 6.07) is 4.43. The zero-order chi connectivity index (χ0) is 10.8. The summed E-state index contributed by atoms with van der Waals surface area (Å²) in [5.74, 6) is -0.462. The van der Waals surface area contributed by atoms with Gasteiger partial charge >= 0.3 is 12.1 Å². The summed E-state index contributed by atoms with van der Waals surface area (Å²) in [6.07, 6.45) is -0.911. The summed E-state index contributed by atoms with van der Waals surface area (Å²) in [5, 5.41) is 0. The van der Waals surface area contributed by atoms with E-state index in [0.29, 0.717) is 17.7 Å². The number of hydrogen-bond donors (Lipinski definition) is 0. The van der Waals surface area contributed by atoms with Gasteiger partial charge in [-0.05, 0) is 25.1 Å². The Morgan fingerprint density at radius 1 is 1.60 bits per heavy atom. The van der Waals surface area contributed by atoms with Crippen LogP contribution in [0, 0.1) is 6.14 Å². The lowest BCUT2D eigenvalue weighted by Gasteiger charge is -1.99. The Balaban J connectivity index is 2.41. The highest BCUT2D eigenvalue weighted by Gasteiger charge is 2.10. The van der Waals surface area contributed by atoms with Crippen LogP contribution in [0.4, 0.5) is 4.39 Å². The molecule has 2 aromatic rings. The second-order valence-corrected chi connectivity index (χ2v) is 2.87. The predicted molar refractivity (Wildman–Crippen MR) is 49.9 cm³/mol. The first-order valence-electron chi connectivity index (χ1n) is 4.44. The Labute approximate surface area is 84.7 Å². The summed E-state index contributed by atoms with van der Waals surface area (Å²) in [4.78, 5) is 14.8. The maximum atomic E-state index is 12.6. The molecule has 1 heterocycles. The number of nitrogens with zero attached hydrogens (tertiary/aromatic N) is 1. The molecule has 0 unspecified atom stereocenters. The molecule has 1 aromatic heterocycles. The monoisotopic (exact) mass is 209 g/mol. The summed E-state index contributed by atoms with van der Waals surface area (Å²) in [5.41, 5.74) is 0.930. The van der Waals surface area contributed by atoms with E-state index in [2.05, 4.69) is 9.40 Å². The number of halogens is 1. The highest BCUT2D eigenvalue weighted by atomic mass is 19.1. The van der Waals surface area contributed by atoms with Crippen LogP contribution in [0.15, 0.2) is 22.6 Å². The minimum absolute atomic E-state index is 0.234. The van der Waals surface area contributed by atoms with Crippen molar-refractivity contribution >= 4 is 17.1 Å². The molecule has 0 aliphatic carbocycles. The summed E-state index contributed by atoms with van der Waals surface area (Å²) in [7, 11) is 0. The van der Waals surface area contributed by atoms with Crippen molar-refractivity contribution in [3.63, 3.8) is 0 Å². The van der Waals surface area contributed by atoms with Crippen molar-refractivity contribution < 1.29 is 18.3 Å². The molecule has 5 heteroatoms. The van der Waals surface area contributed by atoms with Crippen LogP contribution in [0.3, 0.4) is 0 Å². The van der Waals surface area contributed by atoms with Crippen LogP contribution < -0.4 is 0 Å². The van der Waals surface area contributed by atoms with Crippen LogP contribution in [0.2, 0.25) is 0 Å². The third kappa shape index (κ3) is 1.81. The normalized spacial score (nSPS) is 10.5. The SMILES string of the molecule is CCOC(=O)c1ccc2nc(F)oc2c1. The first kappa shape index (κ1) is 9.64. The molecule has 4 nitrogen and oxygen atoms in total. The molecule has 0 spiro atoms. The smallest absolute Gasteiger partial charge is 0.382 e. The topological polar surface area (TPSA) is 52.3 Å². The van der Waals surface area contributed by atoms with Crippen LogP contribution in [0.5, 0.6) is 0 Å². The van der Waals surface area contributed by atoms with Gasteiger partial charge in [-0.1, -0.05) is 0 Å². The molecule has 0 amide bonds. The van der Waals surface area contributed by atoms with E-state index < -0.39 is 12.1 Å². The lowest BCUT2D eigenvalue weighted by molar-refractivity contribution is 0.0526. The van der Waals surface area contributed by atoms with Crippen LogP contribution in [0.25, 0.3) is 11.1 Å². The summed E-state index contributed by atoms with van der Waals surface area (Å²) in [6.45, 7) is 2.01. The second kappa shape index (κ2) is 3.68. The largest absolute Gasteiger partial charge is 0.462 e. The van der Waals surface area contributed by atoms with Gasteiger partial charge in [0, 0.05) is 0 Å². The lowest BCUT2D eigenvalue weighted by atomic mass is 10.2. The molecular weight excluding hydrogens is 201 g/mol. The Kier molecular flexibility index (Phi) is 2.37. The van der Waals surface area contributed by atoms with E-state index in [9.17, 15) is 9.18 Å². The average molecular weight is 209 g/mol. The molecule has 15 heavy (non-hydrogen) atoms. The standard InChI is InChI=1S/C10H8FNO3/c1-2-14-9(13)6-3-4-7-8(5-6)15-10(11)12-7/h3-5H,2H2,1H3. The second-order valence-electron chi connectivity index (χ2n) is 2.87. The van der Waals surface area contributed by atoms with Gasteiger partial charge in [-0.15, -0.1) is 4.39 Å². The Bertz CT molecular complexity index is 506. The van der Waals surface area contributed by atoms with Crippen molar-refractivity contribution in [2.75, 3.05) is 6.61 Å². The fourth-order valence-corrected chi connectivity index (χ4v) is 1.24. The van der Waals surface area contributed by atoms with Gasteiger partial charge in [-0.25, -0.2) is 4.79 Å². The third-order valence-corrected chi connectivity index (χ3v) is 1.87. The molecule has 0 fully saturated rings. The number of aromatic nitrogens is 1. The molecule has 2 rings (SSSR count). The molecule has 0 radical (unpaired) electrons. The highest BCUT2D eigenvalue weighted by molar-refractivity contribution is 5.93. The molecule has 0 bridgehead atoms. The zero-order valence-electron chi connectivity index (χ0n) is 7.99. The van der Waals surface area contributed by atoms with E-state index in [0.717, 1.165) is 0 Å². The first-order chi connectivity index (χ1) is 7.20. The molecule has 0 N–H and O–H groups in total. The maximum Gasteiger partial charge on any atom is 0.382 e. The molecule has 0 aliphatic rings. The van der Waals surface area contributed by atoms with E-state index in [1.807, 2.05) is 0 Å². The van der Waals surface area contributed by atoms with Crippen LogP contribution in [0.1, 0.15) is 17.3 Å². The highest BCUT2D eigenvalue weighted by Crippen LogP contribution is 2.16. The Morgan fingerprint density at radius 2 is 2.40 bits per heavy atom. The molecule has 0 aliphatic heterocycles. The van der Waals surface area contributed by atoms with Crippen molar-refractivity contribution in [2.45, 2.75) is 6.92 Å². The third-order valence-electron chi connectivity index (χ3n) is 1.87. The fourth-order valence-electron chi connectivity index (χ4n) is 1.24. The Hall–Kier alpha value is -1.91. The maximum absolute atomic E-state index is 12.6. The zero-order valence-corrected chi connectivity index (χ0v) is 7.99. The molecule has 0 saturated heterocycles. The van der Waals surface area contributed by atoms with Crippen LogP contribution in [-0.4, -0.2) is 17.6 Å². The number of carbonyl (C=O) groups excluding carboxylic acids is 1. The van der Waals surface area contributed by atoms with E-state index >= 15 is 0 Å². The molecule has 0 saturated carbocycles. The number of fused-ring (bicyclic) bond motifs is 1. The van der Waals surface area contributed by atoms with E-state index in [4.69, 9.17) is 4.74 Å². The molecular formula is C10H8FNO3. The number of oxazole rings is 1. The van der Waals surface area contributed by atoms with Gasteiger partial charge in [0.25, 0.3) is 0 Å². The van der Waals surface area contributed by atoms with Gasteiger partial charge in [0.05, 0.1) is 12.2 Å². The summed E-state index contributed by atoms with van der Waals surface area (Å²) >= 11 is 0. The minimum atomic E-state index is -0.911. The molecule has 0 atom stereocenters. The number of hydrogen-bond acceptors (Lipinski definition) is 4. The van der Waals surface area contributed by atoms with Crippen LogP contribution >= 0.6 is 0 Å².